The van der Waals surface area contributed by atoms with Gasteiger partial charge >= 0.3 is 12.1 Å². The number of morpholine rings is 1. The van der Waals surface area contributed by atoms with Crippen LogP contribution >= 0.6 is 11.6 Å². The normalized spacial score (nSPS) is 17.0. The van der Waals surface area contributed by atoms with Crippen LogP contribution in [0.1, 0.15) is 44.7 Å². The molecule has 5 rings (SSSR count). The highest BCUT2D eigenvalue weighted by Crippen LogP contribution is 2.32. The van der Waals surface area contributed by atoms with Crippen LogP contribution in [-0.2, 0) is 33.9 Å². The van der Waals surface area contributed by atoms with Crippen LogP contribution in [0.25, 0.3) is 10.9 Å². The maximum absolute atomic E-state index is 13.7. The second-order valence-corrected chi connectivity index (χ2v) is 12.5. The minimum absolute atomic E-state index is 0.116. The van der Waals surface area contributed by atoms with Crippen LogP contribution in [0, 0.1) is 0 Å². The average molecular weight is 610 g/mol. The number of halogens is 1. The van der Waals surface area contributed by atoms with Gasteiger partial charge in [0.2, 0.25) is 0 Å². The van der Waals surface area contributed by atoms with Gasteiger partial charge in [0.15, 0.2) is 6.10 Å². The number of rotatable bonds is 9. The average Bonchev–Trinajstić information content (AvgIpc) is 3.78. The van der Waals surface area contributed by atoms with Crippen molar-refractivity contribution in [1.82, 2.24) is 25.0 Å². The molecule has 230 valence electrons. The van der Waals surface area contributed by atoms with E-state index in [1.165, 1.54) is 0 Å². The fourth-order valence-corrected chi connectivity index (χ4v) is 5.43. The topological polar surface area (TPSA) is 105 Å². The molecule has 2 heterocycles. The lowest BCUT2D eigenvalue weighted by molar-refractivity contribution is -0.150. The van der Waals surface area contributed by atoms with E-state index in [1.54, 1.807) is 4.90 Å². The Labute approximate surface area is 257 Å². The minimum Gasteiger partial charge on any atom is -0.444 e. The predicted octanol–water partition coefficient (Wildman–Crippen LogP) is 4.92. The molecule has 1 atom stereocenters. The molecular weight excluding hydrogens is 570 g/mol. The molecule has 10 nitrogen and oxygen atoms in total. The number of carbonyl (C=O) groups excluding carboxylic acids is 3. The van der Waals surface area contributed by atoms with Crippen LogP contribution in [0.15, 0.2) is 54.7 Å². The Morgan fingerprint density at radius 1 is 1.07 bits per heavy atom. The Bertz CT molecular complexity index is 1450. The SMILES string of the molecule is CC(C)(C)OC(=O)N1CCOC(C(=O)N(Cc2ccc3c(Cl)cn(CCNC(=O)NCc4ccccc4)c3c2)C2CC2)C1. The third kappa shape index (κ3) is 8.20. The van der Waals surface area contributed by atoms with Gasteiger partial charge in [-0.2, -0.15) is 0 Å². The standard InChI is InChI=1S/C32H40ClN5O5/c1-32(2,3)43-31(41)37-15-16-42-28(21-37)29(39)38(24-10-11-24)19-23-9-12-25-26(33)20-36(27(25)17-23)14-13-34-30(40)35-18-22-7-5-4-6-8-22/h4-9,12,17,20,24,28H,10-11,13-16,18-19,21H2,1-3H3,(H2,34,35,40). The number of carbonyl (C=O) groups is 3. The van der Waals surface area contributed by atoms with E-state index >= 15 is 0 Å². The van der Waals surface area contributed by atoms with Crippen molar-refractivity contribution in [2.24, 2.45) is 0 Å². The smallest absolute Gasteiger partial charge is 0.410 e. The van der Waals surface area contributed by atoms with Gasteiger partial charge < -0.3 is 34.5 Å². The van der Waals surface area contributed by atoms with Crippen molar-refractivity contribution in [3.63, 3.8) is 0 Å². The van der Waals surface area contributed by atoms with Crippen molar-refractivity contribution < 1.29 is 23.9 Å². The number of hydrogen-bond acceptors (Lipinski definition) is 5. The minimum atomic E-state index is -0.733. The number of nitrogens with one attached hydrogen (secondary N) is 2. The lowest BCUT2D eigenvalue weighted by Gasteiger charge is -2.36. The predicted molar refractivity (Wildman–Crippen MR) is 165 cm³/mol. The molecule has 2 fully saturated rings. The van der Waals surface area contributed by atoms with Crippen molar-refractivity contribution in [3.05, 3.63) is 70.9 Å². The van der Waals surface area contributed by atoms with E-state index in [1.807, 2.05) is 85.0 Å². The van der Waals surface area contributed by atoms with E-state index in [0.29, 0.717) is 37.7 Å². The van der Waals surface area contributed by atoms with E-state index in [4.69, 9.17) is 21.1 Å². The summed E-state index contributed by atoms with van der Waals surface area (Å²) in [7, 11) is 0. The second kappa shape index (κ2) is 13.3. The molecule has 2 aromatic carbocycles. The van der Waals surface area contributed by atoms with Gasteiger partial charge in [0.05, 0.1) is 18.2 Å². The van der Waals surface area contributed by atoms with Gasteiger partial charge in [-0.25, -0.2) is 9.59 Å². The Kier molecular flexibility index (Phi) is 9.46. The molecule has 2 N–H and O–H groups in total. The molecule has 0 radical (unpaired) electrons. The fourth-order valence-electron chi connectivity index (χ4n) is 5.15. The number of ether oxygens (including phenoxy) is 2. The molecule has 0 spiro atoms. The van der Waals surface area contributed by atoms with Crippen molar-refractivity contribution in [3.8, 4) is 0 Å². The first kappa shape index (κ1) is 30.7. The Balaban J connectivity index is 1.21. The van der Waals surface area contributed by atoms with Crippen molar-refractivity contribution in [2.75, 3.05) is 26.2 Å². The van der Waals surface area contributed by atoms with E-state index in [9.17, 15) is 14.4 Å². The highest BCUT2D eigenvalue weighted by Gasteiger charge is 2.39. The number of fused-ring (bicyclic) bond motifs is 1. The molecule has 1 aliphatic heterocycles. The Morgan fingerprint density at radius 2 is 1.84 bits per heavy atom. The second-order valence-electron chi connectivity index (χ2n) is 12.1. The lowest BCUT2D eigenvalue weighted by atomic mass is 10.1. The lowest BCUT2D eigenvalue weighted by Crippen LogP contribution is -2.53. The van der Waals surface area contributed by atoms with Crippen LogP contribution in [0.3, 0.4) is 0 Å². The number of urea groups is 1. The summed E-state index contributed by atoms with van der Waals surface area (Å²) in [4.78, 5) is 42.0. The van der Waals surface area contributed by atoms with Crippen molar-refractivity contribution in [2.45, 2.75) is 71.0 Å². The zero-order chi connectivity index (χ0) is 30.6. The van der Waals surface area contributed by atoms with E-state index in [2.05, 4.69) is 10.6 Å². The summed E-state index contributed by atoms with van der Waals surface area (Å²) in [5, 5.41) is 7.31. The molecule has 1 unspecified atom stereocenters. The summed E-state index contributed by atoms with van der Waals surface area (Å²) in [6.07, 6.45) is 2.58. The van der Waals surface area contributed by atoms with Gasteiger partial charge in [-0.3, -0.25) is 4.79 Å². The van der Waals surface area contributed by atoms with Crippen LogP contribution < -0.4 is 10.6 Å². The van der Waals surface area contributed by atoms with Crippen LogP contribution in [-0.4, -0.2) is 76.4 Å². The highest BCUT2D eigenvalue weighted by molar-refractivity contribution is 6.35. The number of aromatic nitrogens is 1. The van der Waals surface area contributed by atoms with Gasteiger partial charge in [-0.1, -0.05) is 54.1 Å². The van der Waals surface area contributed by atoms with Gasteiger partial charge in [-0.15, -0.1) is 0 Å². The third-order valence-electron chi connectivity index (χ3n) is 7.45. The number of benzene rings is 2. The van der Waals surface area contributed by atoms with Crippen molar-refractivity contribution >= 4 is 40.5 Å². The Hall–Kier alpha value is -3.76. The molecule has 0 bridgehead atoms. The number of amides is 4. The van der Waals surface area contributed by atoms with Crippen molar-refractivity contribution in [1.29, 1.82) is 0 Å². The van der Waals surface area contributed by atoms with Crippen LogP contribution in [0.5, 0.6) is 0 Å². The molecule has 43 heavy (non-hydrogen) atoms. The molecular formula is C32H40ClN5O5. The molecule has 1 saturated carbocycles. The van der Waals surface area contributed by atoms with Crippen LogP contribution in [0.4, 0.5) is 9.59 Å². The maximum atomic E-state index is 13.7. The monoisotopic (exact) mass is 609 g/mol. The molecule has 1 aliphatic carbocycles. The molecule has 3 aromatic rings. The van der Waals surface area contributed by atoms with Gasteiger partial charge in [0, 0.05) is 55.9 Å². The van der Waals surface area contributed by atoms with Crippen LogP contribution in [0.2, 0.25) is 5.02 Å². The van der Waals surface area contributed by atoms with Gasteiger partial charge in [0.1, 0.15) is 5.60 Å². The zero-order valence-electron chi connectivity index (χ0n) is 25.0. The summed E-state index contributed by atoms with van der Waals surface area (Å²) >= 11 is 6.54. The highest BCUT2D eigenvalue weighted by atomic mass is 35.5. The van der Waals surface area contributed by atoms with E-state index in [-0.39, 0.29) is 31.1 Å². The summed E-state index contributed by atoms with van der Waals surface area (Å²) in [5.74, 6) is -0.116. The summed E-state index contributed by atoms with van der Waals surface area (Å²) in [5.41, 5.74) is 2.32. The van der Waals surface area contributed by atoms with Gasteiger partial charge in [-0.05, 0) is 50.8 Å². The maximum Gasteiger partial charge on any atom is 0.410 e. The molecule has 4 amide bonds. The van der Waals surface area contributed by atoms with E-state index < -0.39 is 17.8 Å². The fraction of sp³-hybridized carbons (Fsp3) is 0.469. The molecule has 2 aliphatic rings. The summed E-state index contributed by atoms with van der Waals surface area (Å²) in [6, 6.07) is 15.7. The zero-order valence-corrected chi connectivity index (χ0v) is 25.7. The Morgan fingerprint density at radius 3 is 2.56 bits per heavy atom. The summed E-state index contributed by atoms with van der Waals surface area (Å²) < 4.78 is 13.4. The third-order valence-corrected chi connectivity index (χ3v) is 7.75. The molecule has 1 saturated heterocycles. The summed E-state index contributed by atoms with van der Waals surface area (Å²) in [6.45, 7) is 8.14. The first-order valence-corrected chi connectivity index (χ1v) is 15.2. The first-order chi connectivity index (χ1) is 20.6. The van der Waals surface area contributed by atoms with Gasteiger partial charge in [0.25, 0.3) is 5.91 Å². The first-order valence-electron chi connectivity index (χ1n) is 14.8. The molecule has 1 aromatic heterocycles. The quantitative estimate of drug-likeness (QED) is 0.358. The number of nitrogens with zero attached hydrogens (tertiary/aromatic N) is 3. The number of hydrogen-bond donors (Lipinski definition) is 2. The largest absolute Gasteiger partial charge is 0.444 e. The van der Waals surface area contributed by atoms with E-state index in [0.717, 1.165) is 34.9 Å². The molecule has 11 heteroatoms.